The van der Waals surface area contributed by atoms with Crippen molar-refractivity contribution in [3.8, 4) is 11.4 Å². The molecule has 0 aliphatic rings. The van der Waals surface area contributed by atoms with Gasteiger partial charge in [0.25, 0.3) is 11.5 Å². The van der Waals surface area contributed by atoms with Crippen LogP contribution in [0.25, 0.3) is 5.69 Å². The van der Waals surface area contributed by atoms with Gasteiger partial charge in [-0.2, -0.15) is 0 Å². The standard InChI is InChI=1S/C38H46Cl4N4O3/c1-4-6-7-8-9-10-11-12-13-14-15-26-20-25(3)16-19-34(26)49-33(5-2)38(48)43-28-17-18-29(40)32(23-28)44-35-24-36(47)46(45-35)37-30(41)21-27(39)22-31(37)42/h16-24,33,44-45H,4-15H2,1-3H3,(H,43,48). The van der Waals surface area contributed by atoms with Crippen molar-refractivity contribution >= 4 is 69.5 Å². The van der Waals surface area contributed by atoms with E-state index in [0.717, 1.165) is 24.2 Å². The molecule has 0 aliphatic heterocycles. The summed E-state index contributed by atoms with van der Waals surface area (Å²) in [6.45, 7) is 6.26. The number of unbranched alkanes of at least 4 members (excludes halogenated alkanes) is 9. The number of ether oxygens (including phenoxy) is 1. The first kappa shape index (κ1) is 38.7. The molecule has 0 radical (unpaired) electrons. The quantitative estimate of drug-likeness (QED) is 0.0833. The van der Waals surface area contributed by atoms with Crippen LogP contribution < -0.4 is 20.9 Å². The van der Waals surface area contributed by atoms with E-state index >= 15 is 0 Å². The highest BCUT2D eigenvalue weighted by molar-refractivity contribution is 6.40. The number of carbonyl (C=O) groups excluding carboxylic acids is 1. The van der Waals surface area contributed by atoms with E-state index in [-0.39, 0.29) is 21.6 Å². The highest BCUT2D eigenvalue weighted by atomic mass is 35.5. The van der Waals surface area contributed by atoms with Gasteiger partial charge in [-0.05, 0) is 68.1 Å². The Morgan fingerprint density at radius 3 is 2.12 bits per heavy atom. The Bertz CT molecular complexity index is 1730. The second kappa shape index (κ2) is 19.3. The van der Waals surface area contributed by atoms with E-state index in [2.05, 4.69) is 35.6 Å². The molecule has 1 atom stereocenters. The zero-order valence-electron chi connectivity index (χ0n) is 28.4. The summed E-state index contributed by atoms with van der Waals surface area (Å²) in [6.07, 6.45) is 13.5. The van der Waals surface area contributed by atoms with Crippen LogP contribution in [0.4, 0.5) is 17.2 Å². The monoisotopic (exact) mass is 746 g/mol. The smallest absolute Gasteiger partial charge is 0.273 e. The van der Waals surface area contributed by atoms with Crippen LogP contribution in [0.3, 0.4) is 0 Å². The van der Waals surface area contributed by atoms with E-state index < -0.39 is 11.7 Å². The minimum Gasteiger partial charge on any atom is -0.480 e. The number of anilines is 3. The molecule has 1 aromatic heterocycles. The number of hydrogen-bond donors (Lipinski definition) is 3. The Balaban J connectivity index is 1.36. The molecule has 0 fully saturated rings. The molecule has 1 heterocycles. The molecule has 0 bridgehead atoms. The third kappa shape index (κ3) is 11.5. The summed E-state index contributed by atoms with van der Waals surface area (Å²) in [7, 11) is 0. The molecule has 3 N–H and O–H groups in total. The van der Waals surface area contributed by atoms with E-state index in [1.165, 1.54) is 86.2 Å². The normalized spacial score (nSPS) is 11.8. The van der Waals surface area contributed by atoms with Gasteiger partial charge in [0.05, 0.1) is 20.8 Å². The van der Waals surface area contributed by atoms with E-state index in [4.69, 9.17) is 51.1 Å². The van der Waals surface area contributed by atoms with Crippen LogP contribution in [0.1, 0.15) is 95.6 Å². The minimum absolute atomic E-state index is 0.208. The van der Waals surface area contributed by atoms with Crippen LogP contribution in [0, 0.1) is 6.92 Å². The average Bonchev–Trinajstić information content (AvgIpc) is 3.41. The first-order valence-corrected chi connectivity index (χ1v) is 18.7. The second-order valence-electron chi connectivity index (χ2n) is 12.4. The first-order chi connectivity index (χ1) is 23.6. The van der Waals surface area contributed by atoms with Crippen LogP contribution in [0.15, 0.2) is 59.4 Å². The molecule has 0 saturated carbocycles. The Morgan fingerprint density at radius 1 is 0.816 bits per heavy atom. The lowest BCUT2D eigenvalue weighted by Gasteiger charge is -2.20. The summed E-state index contributed by atoms with van der Waals surface area (Å²) >= 11 is 25.2. The fourth-order valence-electron chi connectivity index (χ4n) is 5.74. The molecule has 7 nitrogen and oxygen atoms in total. The van der Waals surface area contributed by atoms with Gasteiger partial charge >= 0.3 is 0 Å². The highest BCUT2D eigenvalue weighted by Crippen LogP contribution is 2.33. The lowest BCUT2D eigenvalue weighted by molar-refractivity contribution is -0.122. The van der Waals surface area contributed by atoms with Gasteiger partial charge in [0, 0.05) is 16.8 Å². The summed E-state index contributed by atoms with van der Waals surface area (Å²) in [5.74, 6) is 0.811. The Kier molecular flexibility index (Phi) is 15.3. The number of halogens is 4. The zero-order valence-corrected chi connectivity index (χ0v) is 31.5. The number of nitrogens with one attached hydrogen (secondary N) is 3. The maximum absolute atomic E-state index is 13.4. The molecule has 4 rings (SSSR count). The Morgan fingerprint density at radius 2 is 1.47 bits per heavy atom. The third-order valence-electron chi connectivity index (χ3n) is 8.38. The van der Waals surface area contributed by atoms with Gasteiger partial charge in [0.1, 0.15) is 17.3 Å². The predicted molar refractivity (Wildman–Crippen MR) is 206 cm³/mol. The van der Waals surface area contributed by atoms with Gasteiger partial charge in [-0.15, -0.1) is 0 Å². The minimum atomic E-state index is -0.694. The van der Waals surface area contributed by atoms with Crippen LogP contribution in [0.2, 0.25) is 20.1 Å². The maximum atomic E-state index is 13.4. The Hall–Kier alpha value is -3.10. The van der Waals surface area contributed by atoms with Crippen molar-refractivity contribution in [2.45, 2.75) is 104 Å². The number of aromatic amines is 1. The van der Waals surface area contributed by atoms with Crippen molar-refractivity contribution in [2.75, 3.05) is 10.6 Å². The molecule has 11 heteroatoms. The number of aromatic nitrogens is 2. The van der Waals surface area contributed by atoms with E-state index in [0.29, 0.717) is 33.7 Å². The predicted octanol–water partition coefficient (Wildman–Crippen LogP) is 12.1. The fourth-order valence-corrected chi connectivity index (χ4v) is 6.89. The molecule has 1 unspecified atom stereocenters. The Labute approximate surface area is 309 Å². The number of H-pyrrole nitrogens is 1. The SMILES string of the molecule is CCCCCCCCCCCCc1cc(C)ccc1OC(CC)C(=O)Nc1ccc(Cl)c(Nc2cc(=O)n(-c3c(Cl)cc(Cl)cc3Cl)[nH]2)c1. The van der Waals surface area contributed by atoms with Crippen LogP contribution >= 0.6 is 46.4 Å². The molecule has 4 aromatic rings. The zero-order chi connectivity index (χ0) is 35.3. The number of rotatable bonds is 19. The summed E-state index contributed by atoms with van der Waals surface area (Å²) in [5.41, 5.74) is 3.14. The number of amides is 1. The second-order valence-corrected chi connectivity index (χ2v) is 14.1. The molecule has 0 aliphatic carbocycles. The lowest BCUT2D eigenvalue weighted by atomic mass is 10.0. The van der Waals surface area contributed by atoms with Crippen LogP contribution in [-0.2, 0) is 11.2 Å². The topological polar surface area (TPSA) is 88.2 Å². The number of nitrogens with zero attached hydrogens (tertiary/aromatic N) is 1. The molecule has 1 amide bonds. The molecule has 3 aromatic carbocycles. The van der Waals surface area contributed by atoms with Crippen LogP contribution in [-0.4, -0.2) is 21.8 Å². The van der Waals surface area contributed by atoms with Gasteiger partial charge in [0.2, 0.25) is 0 Å². The van der Waals surface area contributed by atoms with Crippen molar-refractivity contribution in [3.63, 3.8) is 0 Å². The average molecular weight is 749 g/mol. The van der Waals surface area contributed by atoms with Crippen molar-refractivity contribution in [1.29, 1.82) is 0 Å². The molecular weight excluding hydrogens is 702 g/mol. The number of aryl methyl sites for hydroxylation is 2. The van der Waals surface area contributed by atoms with Crippen molar-refractivity contribution in [2.24, 2.45) is 0 Å². The van der Waals surface area contributed by atoms with E-state index in [9.17, 15) is 9.59 Å². The summed E-state index contributed by atoms with van der Waals surface area (Å²) < 4.78 is 7.54. The lowest BCUT2D eigenvalue weighted by Crippen LogP contribution is -2.32. The van der Waals surface area contributed by atoms with Gasteiger partial charge in [-0.25, -0.2) is 4.68 Å². The number of hydrogen-bond acceptors (Lipinski definition) is 4. The van der Waals surface area contributed by atoms with Crippen molar-refractivity contribution in [3.05, 3.63) is 96.2 Å². The van der Waals surface area contributed by atoms with Gasteiger partial charge in [-0.1, -0.05) is 136 Å². The molecular formula is C38H46Cl4N4O3. The van der Waals surface area contributed by atoms with Gasteiger partial charge in [0.15, 0.2) is 6.10 Å². The summed E-state index contributed by atoms with van der Waals surface area (Å²) in [5, 5.41) is 10.2. The summed E-state index contributed by atoms with van der Waals surface area (Å²) in [4.78, 5) is 26.2. The summed E-state index contributed by atoms with van der Waals surface area (Å²) in [6, 6.07) is 15.6. The molecule has 264 valence electrons. The van der Waals surface area contributed by atoms with E-state index in [1.54, 1.807) is 18.2 Å². The first-order valence-electron chi connectivity index (χ1n) is 17.2. The van der Waals surface area contributed by atoms with Gasteiger partial charge in [-0.3, -0.25) is 14.7 Å². The van der Waals surface area contributed by atoms with E-state index in [1.807, 2.05) is 19.1 Å². The molecule has 0 saturated heterocycles. The van der Waals surface area contributed by atoms with Crippen molar-refractivity contribution in [1.82, 2.24) is 9.78 Å². The molecule has 49 heavy (non-hydrogen) atoms. The van der Waals surface area contributed by atoms with Gasteiger partial charge < -0.3 is 15.4 Å². The fraction of sp³-hybridized carbons (Fsp3) is 0.421. The largest absolute Gasteiger partial charge is 0.480 e. The highest BCUT2D eigenvalue weighted by Gasteiger charge is 2.21. The van der Waals surface area contributed by atoms with Crippen molar-refractivity contribution < 1.29 is 9.53 Å². The van der Waals surface area contributed by atoms with Crippen LogP contribution in [0.5, 0.6) is 5.75 Å². The maximum Gasteiger partial charge on any atom is 0.273 e. The molecule has 0 spiro atoms. The number of carbonyl (C=O) groups is 1. The number of benzene rings is 3. The third-order valence-corrected chi connectivity index (χ3v) is 9.50.